The van der Waals surface area contributed by atoms with Crippen molar-refractivity contribution in [3.05, 3.63) is 11.4 Å². The molecule has 0 amide bonds. The summed E-state index contributed by atoms with van der Waals surface area (Å²) in [6.45, 7) is 13.5. The Balaban J connectivity index is 2.25. The Morgan fingerprint density at radius 1 is 1.67 bits per heavy atom. The molecule has 2 heterocycles. The lowest BCUT2D eigenvalue weighted by molar-refractivity contribution is 0.163. The molecule has 2 heteroatoms. The van der Waals surface area contributed by atoms with Crippen molar-refractivity contribution in [2.45, 2.75) is 45.0 Å². The van der Waals surface area contributed by atoms with Gasteiger partial charge in [-0.15, -0.1) is 0 Å². The first-order chi connectivity index (χ1) is 7.94. The highest BCUT2D eigenvalue weighted by atomic mass is 15.2. The minimum Gasteiger partial charge on any atom is -0.317 e. The van der Waals surface area contributed by atoms with E-state index in [-0.39, 0.29) is 11.5 Å². The van der Waals surface area contributed by atoms with Gasteiger partial charge in [-0.1, -0.05) is 13.8 Å². The molecule has 2 rings (SSSR count). The summed E-state index contributed by atoms with van der Waals surface area (Å²) in [7, 11) is 0. The molecule has 2 saturated heterocycles. The van der Waals surface area contributed by atoms with Crippen molar-refractivity contribution in [3.63, 3.8) is 0 Å². The second-order valence-electron chi connectivity index (χ2n) is 5.29. The molecule has 0 spiro atoms. The second-order valence-corrected chi connectivity index (χ2v) is 5.29. The number of fused-ring (bicyclic) bond motifs is 1. The van der Waals surface area contributed by atoms with Gasteiger partial charge >= 0.3 is 0 Å². The van der Waals surface area contributed by atoms with Gasteiger partial charge in [-0.25, -0.2) is 6.57 Å². The van der Waals surface area contributed by atoms with Crippen LogP contribution in [0.1, 0.15) is 42.2 Å². The van der Waals surface area contributed by atoms with Crippen molar-refractivity contribution in [1.82, 2.24) is 4.90 Å². The van der Waals surface area contributed by atoms with E-state index >= 15 is 0 Å². The van der Waals surface area contributed by atoms with Crippen LogP contribution in [-0.4, -0.2) is 30.1 Å². The molecular weight excluding hydrogens is 184 g/mol. The van der Waals surface area contributed by atoms with Crippen LogP contribution >= 0.6 is 0 Å². The molecule has 0 aromatic rings. The van der Waals surface area contributed by atoms with E-state index in [2.05, 4.69) is 9.74 Å². The maximum Gasteiger partial charge on any atom is 0.218 e. The van der Waals surface area contributed by atoms with E-state index in [1.807, 2.05) is 13.8 Å². The van der Waals surface area contributed by atoms with E-state index in [1.54, 1.807) is 0 Å². The minimum atomic E-state index is -1.14. The van der Waals surface area contributed by atoms with Crippen LogP contribution in [0.3, 0.4) is 0 Å². The van der Waals surface area contributed by atoms with Crippen molar-refractivity contribution in [3.8, 4) is 0 Å². The van der Waals surface area contributed by atoms with Crippen LogP contribution in [-0.2, 0) is 0 Å². The Kier molecular flexibility index (Phi) is 2.37. The molecule has 2 atom stereocenters. The van der Waals surface area contributed by atoms with E-state index in [0.717, 1.165) is 32.4 Å². The fourth-order valence-corrected chi connectivity index (χ4v) is 3.30. The molecule has 0 aromatic carbocycles. The molecule has 0 unspecified atom stereocenters. The Labute approximate surface area is 96.3 Å². The molecule has 0 saturated carbocycles. The van der Waals surface area contributed by atoms with Gasteiger partial charge in [-0.3, -0.25) is 4.90 Å². The molecule has 2 aliphatic rings. The van der Waals surface area contributed by atoms with Crippen LogP contribution in [0, 0.1) is 18.4 Å². The van der Waals surface area contributed by atoms with E-state index in [4.69, 9.17) is 9.31 Å². The Morgan fingerprint density at radius 3 is 3.13 bits per heavy atom. The summed E-state index contributed by atoms with van der Waals surface area (Å²) in [5.74, 6) is 0.413. The lowest BCUT2D eigenvalue weighted by Crippen LogP contribution is -2.39. The first-order valence-electron chi connectivity index (χ1n) is 7.02. The highest BCUT2D eigenvalue weighted by Crippen LogP contribution is 2.45. The summed E-state index contributed by atoms with van der Waals surface area (Å²) in [5.41, 5.74) is -0.281. The van der Waals surface area contributed by atoms with Crippen LogP contribution in [0.15, 0.2) is 0 Å². The summed E-state index contributed by atoms with van der Waals surface area (Å²) in [6.07, 6.45) is 1.81. The lowest BCUT2D eigenvalue weighted by atomic mass is 9.83. The molecule has 15 heavy (non-hydrogen) atoms. The number of hydrogen-bond acceptors (Lipinski definition) is 1. The summed E-state index contributed by atoms with van der Waals surface area (Å²) in [4.78, 5) is 5.84. The van der Waals surface area contributed by atoms with E-state index < -0.39 is 6.37 Å². The van der Waals surface area contributed by atoms with Gasteiger partial charge < -0.3 is 4.85 Å². The van der Waals surface area contributed by atoms with E-state index in [0.29, 0.717) is 12.5 Å². The third-order valence-electron chi connectivity index (χ3n) is 3.64. The van der Waals surface area contributed by atoms with Gasteiger partial charge in [-0.2, -0.15) is 0 Å². The summed E-state index contributed by atoms with van der Waals surface area (Å²) in [5, 5.41) is 0. The molecular formula is C13H22N2. The average molecular weight is 208 g/mol. The zero-order valence-corrected chi connectivity index (χ0v) is 9.79. The van der Waals surface area contributed by atoms with Gasteiger partial charge in [0, 0.05) is 20.7 Å². The van der Waals surface area contributed by atoms with Crippen LogP contribution < -0.4 is 0 Å². The Hall–Kier alpha value is -0.550. The summed E-state index contributed by atoms with van der Waals surface area (Å²) < 4.78 is 16.9. The SMILES string of the molecule is [2H]C([2H])(C(C)C)[C@@]12CCCN1C[C@H](C[N+]#[C-])C2. The molecule has 2 nitrogen and oxygen atoms in total. The molecule has 84 valence electrons. The van der Waals surface area contributed by atoms with Gasteiger partial charge in [0.05, 0.1) is 0 Å². The van der Waals surface area contributed by atoms with Crippen LogP contribution in [0.25, 0.3) is 4.85 Å². The first-order valence-corrected chi connectivity index (χ1v) is 6.02. The standard InChI is InChI=1S/C13H22N2/c1-11(2)7-13-5-4-6-15(13)10-12(8-13)9-14-3/h11-12H,4-10H2,1-2H3/t12-,13+/m0/s1/i7D2. The van der Waals surface area contributed by atoms with Crippen LogP contribution in [0.4, 0.5) is 0 Å². The number of nitrogens with zero attached hydrogens (tertiary/aromatic N) is 2. The smallest absolute Gasteiger partial charge is 0.218 e. The van der Waals surface area contributed by atoms with Crippen molar-refractivity contribution in [2.75, 3.05) is 19.6 Å². The predicted octanol–water partition coefficient (Wildman–Crippen LogP) is 2.81. The fourth-order valence-electron chi connectivity index (χ4n) is 3.30. The van der Waals surface area contributed by atoms with Gasteiger partial charge in [-0.05, 0) is 38.1 Å². The first kappa shape index (κ1) is 8.58. The highest BCUT2D eigenvalue weighted by molar-refractivity contribution is 5.04. The molecule has 0 radical (unpaired) electrons. The van der Waals surface area contributed by atoms with Crippen LogP contribution in [0.5, 0.6) is 0 Å². The minimum absolute atomic E-state index is 0.0368. The van der Waals surface area contributed by atoms with Crippen molar-refractivity contribution < 1.29 is 2.74 Å². The van der Waals surface area contributed by atoms with E-state index in [1.165, 1.54) is 0 Å². The molecule has 0 aliphatic carbocycles. The third kappa shape index (κ3) is 2.03. The summed E-state index contributed by atoms with van der Waals surface area (Å²) in [6, 6.07) is 0. The maximum atomic E-state index is 8.47. The van der Waals surface area contributed by atoms with Gasteiger partial charge in [0.2, 0.25) is 6.54 Å². The molecule has 0 bridgehead atoms. The van der Waals surface area contributed by atoms with Gasteiger partial charge in [0.1, 0.15) is 0 Å². The van der Waals surface area contributed by atoms with Gasteiger partial charge in [0.25, 0.3) is 0 Å². The fraction of sp³-hybridized carbons (Fsp3) is 0.923. The zero-order valence-electron chi connectivity index (χ0n) is 11.8. The normalized spacial score (nSPS) is 38.7. The monoisotopic (exact) mass is 208 g/mol. The molecule has 2 aliphatic heterocycles. The topological polar surface area (TPSA) is 7.60 Å². The average Bonchev–Trinajstić information content (AvgIpc) is 2.75. The Morgan fingerprint density at radius 2 is 2.47 bits per heavy atom. The number of hydrogen-bond donors (Lipinski definition) is 0. The molecule has 0 aromatic heterocycles. The second kappa shape index (κ2) is 4.14. The lowest BCUT2D eigenvalue weighted by Gasteiger charge is -2.33. The predicted molar refractivity (Wildman–Crippen MR) is 62.6 cm³/mol. The zero-order chi connectivity index (χ0) is 12.7. The quantitative estimate of drug-likeness (QED) is 0.647. The maximum absolute atomic E-state index is 8.47. The van der Waals surface area contributed by atoms with Crippen molar-refractivity contribution >= 4 is 0 Å². The van der Waals surface area contributed by atoms with Crippen molar-refractivity contribution in [2.24, 2.45) is 11.8 Å². The highest BCUT2D eigenvalue weighted by Gasteiger charge is 2.48. The summed E-state index contributed by atoms with van der Waals surface area (Å²) >= 11 is 0. The number of rotatable bonds is 3. The van der Waals surface area contributed by atoms with E-state index in [9.17, 15) is 0 Å². The molecule has 2 fully saturated rings. The largest absolute Gasteiger partial charge is 0.317 e. The third-order valence-corrected chi connectivity index (χ3v) is 3.64. The van der Waals surface area contributed by atoms with Gasteiger partial charge in [0.15, 0.2) is 0 Å². The van der Waals surface area contributed by atoms with Crippen LogP contribution in [0.2, 0.25) is 0 Å². The molecule has 0 N–H and O–H groups in total. The Bertz CT molecular complexity index is 335. The van der Waals surface area contributed by atoms with Crippen molar-refractivity contribution in [1.29, 1.82) is 0 Å².